The molecule has 142 valence electrons. The van der Waals surface area contributed by atoms with Crippen LogP contribution in [0.25, 0.3) is 10.7 Å². The van der Waals surface area contributed by atoms with Crippen molar-refractivity contribution in [2.45, 2.75) is 24.2 Å². The molecule has 0 aliphatic carbocycles. The molecular weight excluding hydrogens is 388 g/mol. The highest BCUT2D eigenvalue weighted by Crippen LogP contribution is 2.21. The van der Waals surface area contributed by atoms with Gasteiger partial charge in [-0.3, -0.25) is 4.79 Å². The molecule has 0 N–H and O–H groups in total. The molecule has 0 spiro atoms. The van der Waals surface area contributed by atoms with E-state index in [9.17, 15) is 13.2 Å². The van der Waals surface area contributed by atoms with E-state index in [0.717, 1.165) is 4.88 Å². The summed E-state index contributed by atoms with van der Waals surface area (Å²) in [6.07, 6.45) is 0.614. The second-order valence-electron chi connectivity index (χ2n) is 5.69. The minimum atomic E-state index is -3.36. The van der Waals surface area contributed by atoms with Crippen molar-refractivity contribution in [2.75, 3.05) is 12.4 Å². The zero-order valence-electron chi connectivity index (χ0n) is 14.4. The van der Waals surface area contributed by atoms with Crippen LogP contribution in [0.15, 0.2) is 57.3 Å². The Labute approximate surface area is 160 Å². The van der Waals surface area contributed by atoms with Crippen molar-refractivity contribution in [3.8, 4) is 10.7 Å². The summed E-state index contributed by atoms with van der Waals surface area (Å²) in [5.74, 6) is 0.363. The van der Waals surface area contributed by atoms with Crippen LogP contribution in [-0.4, -0.2) is 36.9 Å². The lowest BCUT2D eigenvalue weighted by Crippen LogP contribution is -2.12. The summed E-state index contributed by atoms with van der Waals surface area (Å²) in [4.78, 5) is 17.2. The molecule has 0 atom stereocenters. The average molecular weight is 406 g/mol. The Bertz CT molecular complexity index is 966. The molecular formula is C18H18N2O5S2. The fraction of sp³-hybridized carbons (Fsp3) is 0.278. The van der Waals surface area contributed by atoms with Crippen LogP contribution in [0.1, 0.15) is 18.7 Å². The Morgan fingerprint density at radius 2 is 1.96 bits per heavy atom. The van der Waals surface area contributed by atoms with E-state index in [-0.39, 0.29) is 36.5 Å². The summed E-state index contributed by atoms with van der Waals surface area (Å²) in [6, 6.07) is 12.0. The minimum absolute atomic E-state index is 0.0508. The maximum absolute atomic E-state index is 12.1. The summed E-state index contributed by atoms with van der Waals surface area (Å²) < 4.78 is 34.4. The van der Waals surface area contributed by atoms with Crippen molar-refractivity contribution < 1.29 is 22.5 Å². The van der Waals surface area contributed by atoms with Gasteiger partial charge in [0.15, 0.2) is 9.84 Å². The van der Waals surface area contributed by atoms with Crippen molar-refractivity contribution in [1.82, 2.24) is 10.1 Å². The summed E-state index contributed by atoms with van der Waals surface area (Å²) in [5, 5.41) is 5.79. The Morgan fingerprint density at radius 1 is 1.15 bits per heavy atom. The SMILES string of the molecule is O=C(CCc1nc(-c2cccs2)no1)OCCCS(=O)(=O)c1ccccc1. The molecule has 0 amide bonds. The van der Waals surface area contributed by atoms with Crippen molar-refractivity contribution in [2.24, 2.45) is 0 Å². The topological polar surface area (TPSA) is 99.4 Å². The van der Waals surface area contributed by atoms with Gasteiger partial charge in [-0.25, -0.2) is 8.42 Å². The molecule has 2 aromatic heterocycles. The number of thiophene rings is 1. The van der Waals surface area contributed by atoms with Gasteiger partial charge in [0.2, 0.25) is 11.7 Å². The number of esters is 1. The Hall–Kier alpha value is -2.52. The second-order valence-corrected chi connectivity index (χ2v) is 8.75. The maximum Gasteiger partial charge on any atom is 0.306 e. The van der Waals surface area contributed by atoms with Gasteiger partial charge in [-0.1, -0.05) is 29.4 Å². The van der Waals surface area contributed by atoms with Crippen LogP contribution >= 0.6 is 11.3 Å². The predicted molar refractivity (Wildman–Crippen MR) is 100 cm³/mol. The third kappa shape index (κ3) is 5.48. The predicted octanol–water partition coefficient (Wildman–Crippen LogP) is 3.14. The molecule has 0 bridgehead atoms. The Kier molecular flexibility index (Phi) is 6.36. The summed E-state index contributed by atoms with van der Waals surface area (Å²) in [7, 11) is -3.36. The van der Waals surface area contributed by atoms with Gasteiger partial charge in [0.25, 0.3) is 0 Å². The molecule has 0 aliphatic heterocycles. The molecule has 3 rings (SSSR count). The molecule has 0 unspecified atom stereocenters. The number of nitrogens with zero attached hydrogens (tertiary/aromatic N) is 2. The molecule has 0 saturated heterocycles. The lowest BCUT2D eigenvalue weighted by molar-refractivity contribution is -0.143. The van der Waals surface area contributed by atoms with E-state index in [0.29, 0.717) is 11.7 Å². The first kappa shape index (κ1) is 19.2. The molecule has 3 aromatic rings. The lowest BCUT2D eigenvalue weighted by atomic mass is 10.3. The molecule has 0 fully saturated rings. The van der Waals surface area contributed by atoms with E-state index in [1.165, 1.54) is 11.3 Å². The van der Waals surface area contributed by atoms with Gasteiger partial charge < -0.3 is 9.26 Å². The Morgan fingerprint density at radius 3 is 2.70 bits per heavy atom. The van der Waals surface area contributed by atoms with Crippen LogP contribution in [0.3, 0.4) is 0 Å². The normalized spacial score (nSPS) is 11.4. The number of sulfone groups is 1. The summed E-state index contributed by atoms with van der Waals surface area (Å²) in [6.45, 7) is 0.0508. The third-order valence-electron chi connectivity index (χ3n) is 3.68. The number of carbonyl (C=O) groups is 1. The molecule has 0 radical (unpaired) electrons. The van der Waals surface area contributed by atoms with Gasteiger partial charge in [-0.2, -0.15) is 4.98 Å². The van der Waals surface area contributed by atoms with Crippen LogP contribution in [0.4, 0.5) is 0 Å². The molecule has 2 heterocycles. The molecule has 0 saturated carbocycles. The summed E-state index contributed by atoms with van der Waals surface area (Å²) >= 11 is 1.50. The monoisotopic (exact) mass is 406 g/mol. The quantitative estimate of drug-likeness (QED) is 0.397. The van der Waals surface area contributed by atoms with Gasteiger partial charge in [-0.15, -0.1) is 11.3 Å². The molecule has 9 heteroatoms. The standard InChI is InChI=1S/C18H18N2O5S2/c21-17(10-9-16-19-18(20-25-16)15-8-4-12-26-15)24-11-5-13-27(22,23)14-6-2-1-3-7-14/h1-4,6-8,12H,5,9-11,13H2. The Balaban J connectivity index is 1.38. The van der Waals surface area contributed by atoms with Crippen LogP contribution in [0, 0.1) is 0 Å². The van der Waals surface area contributed by atoms with Gasteiger partial charge in [-0.05, 0) is 30.0 Å². The van der Waals surface area contributed by atoms with E-state index >= 15 is 0 Å². The van der Waals surface area contributed by atoms with E-state index in [4.69, 9.17) is 9.26 Å². The van der Waals surface area contributed by atoms with Gasteiger partial charge in [0.1, 0.15) is 0 Å². The first-order chi connectivity index (χ1) is 13.0. The highest BCUT2D eigenvalue weighted by Gasteiger charge is 2.15. The van der Waals surface area contributed by atoms with Crippen molar-refractivity contribution in [3.05, 3.63) is 53.7 Å². The van der Waals surface area contributed by atoms with Crippen LogP contribution in [-0.2, 0) is 25.8 Å². The zero-order valence-corrected chi connectivity index (χ0v) is 16.0. The third-order valence-corrected chi connectivity index (χ3v) is 6.36. The number of hydrogen-bond donors (Lipinski definition) is 0. The second kappa shape index (κ2) is 8.92. The first-order valence-corrected chi connectivity index (χ1v) is 10.9. The first-order valence-electron chi connectivity index (χ1n) is 8.34. The molecule has 0 aliphatic rings. The molecule has 1 aromatic carbocycles. The van der Waals surface area contributed by atoms with E-state index in [1.807, 2.05) is 17.5 Å². The fourth-order valence-corrected chi connectivity index (χ4v) is 4.28. The number of ether oxygens (including phenoxy) is 1. The van der Waals surface area contributed by atoms with Crippen molar-refractivity contribution in [3.63, 3.8) is 0 Å². The number of benzene rings is 1. The maximum atomic E-state index is 12.1. The van der Waals surface area contributed by atoms with Gasteiger partial charge in [0.05, 0.1) is 28.6 Å². The van der Waals surface area contributed by atoms with Crippen molar-refractivity contribution in [1.29, 1.82) is 0 Å². The van der Waals surface area contributed by atoms with Crippen molar-refractivity contribution >= 4 is 27.1 Å². The average Bonchev–Trinajstić information content (AvgIpc) is 3.36. The lowest BCUT2D eigenvalue weighted by Gasteiger charge is -2.05. The summed E-state index contributed by atoms with van der Waals surface area (Å²) in [5.41, 5.74) is 0. The largest absolute Gasteiger partial charge is 0.466 e. The van der Waals surface area contributed by atoms with Crippen LogP contribution in [0.5, 0.6) is 0 Å². The zero-order chi connectivity index (χ0) is 19.1. The van der Waals surface area contributed by atoms with E-state index < -0.39 is 15.8 Å². The minimum Gasteiger partial charge on any atom is -0.466 e. The van der Waals surface area contributed by atoms with Gasteiger partial charge >= 0.3 is 5.97 Å². The highest BCUT2D eigenvalue weighted by molar-refractivity contribution is 7.91. The van der Waals surface area contributed by atoms with Crippen LogP contribution in [0.2, 0.25) is 0 Å². The van der Waals surface area contributed by atoms with E-state index in [1.54, 1.807) is 30.3 Å². The number of carbonyl (C=O) groups excluding carboxylic acids is 1. The number of aryl methyl sites for hydroxylation is 1. The van der Waals surface area contributed by atoms with Gasteiger partial charge in [0, 0.05) is 6.42 Å². The van der Waals surface area contributed by atoms with E-state index in [2.05, 4.69) is 10.1 Å². The van der Waals surface area contributed by atoms with Crippen LogP contribution < -0.4 is 0 Å². The molecule has 27 heavy (non-hydrogen) atoms. The smallest absolute Gasteiger partial charge is 0.306 e. The number of aromatic nitrogens is 2. The highest BCUT2D eigenvalue weighted by atomic mass is 32.2. The fourth-order valence-electron chi connectivity index (χ4n) is 2.32. The number of hydrogen-bond acceptors (Lipinski definition) is 8. The number of rotatable bonds is 9. The molecule has 7 nitrogen and oxygen atoms in total.